The molecule has 0 spiro atoms. The van der Waals surface area contributed by atoms with Crippen molar-refractivity contribution < 1.29 is 4.39 Å². The summed E-state index contributed by atoms with van der Waals surface area (Å²) in [5, 5.41) is 0.119. The van der Waals surface area contributed by atoms with Gasteiger partial charge >= 0.3 is 0 Å². The molecule has 0 saturated heterocycles. The molecule has 2 rings (SSSR count). The quantitative estimate of drug-likeness (QED) is 0.645. The number of nitrogens with one attached hydrogen (secondary N) is 1. The molecule has 0 aliphatic heterocycles. The second-order valence-corrected chi connectivity index (χ2v) is 6.76. The van der Waals surface area contributed by atoms with Crippen molar-refractivity contribution >= 4 is 38.9 Å². The van der Waals surface area contributed by atoms with Crippen LogP contribution < -0.4 is 11.3 Å². The van der Waals surface area contributed by atoms with E-state index < -0.39 is 5.82 Å². The van der Waals surface area contributed by atoms with Crippen molar-refractivity contribution in [3.63, 3.8) is 0 Å². The van der Waals surface area contributed by atoms with Gasteiger partial charge in [0.15, 0.2) is 0 Å². The smallest absolute Gasteiger partial charge is 0.142 e. The van der Waals surface area contributed by atoms with Crippen LogP contribution in [0.3, 0.4) is 0 Å². The van der Waals surface area contributed by atoms with Crippen LogP contribution in [0.25, 0.3) is 0 Å². The van der Waals surface area contributed by atoms with E-state index in [1.807, 2.05) is 12.1 Å². The van der Waals surface area contributed by atoms with Crippen molar-refractivity contribution in [3.8, 4) is 0 Å². The molecular formula is C12H11BrClFN2S. The highest BCUT2D eigenvalue weighted by Crippen LogP contribution is 2.27. The summed E-state index contributed by atoms with van der Waals surface area (Å²) in [7, 11) is 0. The number of hydrogen-bond donors (Lipinski definition) is 2. The van der Waals surface area contributed by atoms with E-state index in [0.29, 0.717) is 6.42 Å². The van der Waals surface area contributed by atoms with E-state index in [-0.39, 0.29) is 11.1 Å². The van der Waals surface area contributed by atoms with Crippen molar-refractivity contribution in [2.45, 2.75) is 12.5 Å². The highest BCUT2D eigenvalue weighted by Gasteiger charge is 2.13. The maximum atomic E-state index is 13.4. The highest BCUT2D eigenvalue weighted by molar-refractivity contribution is 9.11. The van der Waals surface area contributed by atoms with Gasteiger partial charge in [-0.15, -0.1) is 11.3 Å². The Morgan fingerprint density at radius 3 is 2.72 bits per heavy atom. The van der Waals surface area contributed by atoms with E-state index in [9.17, 15) is 4.39 Å². The lowest BCUT2D eigenvalue weighted by atomic mass is 10.0. The Labute approximate surface area is 122 Å². The number of nitrogens with two attached hydrogens (primary N) is 1. The first-order chi connectivity index (χ1) is 8.60. The monoisotopic (exact) mass is 348 g/mol. The molecule has 1 atom stereocenters. The number of hydrazine groups is 1. The van der Waals surface area contributed by atoms with Crippen LogP contribution in [-0.4, -0.2) is 0 Å². The average molecular weight is 350 g/mol. The largest absolute Gasteiger partial charge is 0.271 e. The summed E-state index contributed by atoms with van der Waals surface area (Å²) in [4.78, 5) is 1.17. The molecule has 1 unspecified atom stereocenters. The second-order valence-electron chi connectivity index (χ2n) is 3.80. The molecule has 2 nitrogen and oxygen atoms in total. The molecule has 1 aromatic carbocycles. The minimum atomic E-state index is -0.429. The summed E-state index contributed by atoms with van der Waals surface area (Å²) in [6.07, 6.45) is 0.702. The maximum absolute atomic E-state index is 13.4. The third-order valence-electron chi connectivity index (χ3n) is 2.58. The van der Waals surface area contributed by atoms with Crippen LogP contribution in [0.15, 0.2) is 34.1 Å². The van der Waals surface area contributed by atoms with E-state index in [1.165, 1.54) is 10.9 Å². The van der Waals surface area contributed by atoms with Crippen LogP contribution in [0.4, 0.5) is 4.39 Å². The fourth-order valence-corrected chi connectivity index (χ4v) is 3.31. The molecule has 0 aliphatic rings. The van der Waals surface area contributed by atoms with Gasteiger partial charge in [0.2, 0.25) is 0 Å². The fourth-order valence-electron chi connectivity index (χ4n) is 1.66. The maximum Gasteiger partial charge on any atom is 0.142 e. The second kappa shape index (κ2) is 6.12. The zero-order valence-corrected chi connectivity index (χ0v) is 12.4. The molecule has 3 N–H and O–H groups in total. The molecule has 0 amide bonds. The Hall–Kier alpha value is -0.460. The number of hydrogen-bond acceptors (Lipinski definition) is 3. The Morgan fingerprint density at radius 1 is 1.39 bits per heavy atom. The molecular weight excluding hydrogens is 339 g/mol. The lowest BCUT2D eigenvalue weighted by molar-refractivity contribution is 0.548. The van der Waals surface area contributed by atoms with Gasteiger partial charge in [-0.05, 0) is 45.8 Å². The van der Waals surface area contributed by atoms with Gasteiger partial charge in [0.05, 0.1) is 14.9 Å². The molecule has 2 aromatic rings. The van der Waals surface area contributed by atoms with Gasteiger partial charge in [0, 0.05) is 11.3 Å². The normalized spacial score (nSPS) is 12.7. The topological polar surface area (TPSA) is 38.0 Å². The van der Waals surface area contributed by atoms with Gasteiger partial charge in [0.1, 0.15) is 5.82 Å². The Kier molecular flexibility index (Phi) is 4.75. The third kappa shape index (κ3) is 3.30. The summed E-state index contributed by atoms with van der Waals surface area (Å²) in [5.74, 6) is 5.11. The highest BCUT2D eigenvalue weighted by atomic mass is 79.9. The number of halogens is 3. The van der Waals surface area contributed by atoms with E-state index >= 15 is 0 Å². The minimum Gasteiger partial charge on any atom is -0.271 e. The zero-order chi connectivity index (χ0) is 13.1. The first-order valence-electron chi connectivity index (χ1n) is 5.25. The molecule has 0 aliphatic carbocycles. The van der Waals surface area contributed by atoms with Gasteiger partial charge < -0.3 is 0 Å². The molecule has 0 bridgehead atoms. The summed E-state index contributed by atoms with van der Waals surface area (Å²) >= 11 is 10.7. The SMILES string of the molecule is NNC(Cc1ccc(Br)s1)c1ccc(Cl)c(F)c1. The lowest BCUT2D eigenvalue weighted by Gasteiger charge is -2.15. The predicted octanol–water partition coefficient (Wildman–Crippen LogP) is 4.05. The molecule has 18 heavy (non-hydrogen) atoms. The van der Waals surface area contributed by atoms with Crippen molar-refractivity contribution in [2.75, 3.05) is 0 Å². The average Bonchev–Trinajstić information content (AvgIpc) is 2.75. The van der Waals surface area contributed by atoms with Gasteiger partial charge in [-0.3, -0.25) is 11.3 Å². The first-order valence-corrected chi connectivity index (χ1v) is 7.24. The molecule has 1 heterocycles. The van der Waals surface area contributed by atoms with Gasteiger partial charge in [-0.2, -0.15) is 0 Å². The first kappa shape index (κ1) is 14.0. The van der Waals surface area contributed by atoms with Crippen molar-refractivity contribution in [2.24, 2.45) is 5.84 Å². The Balaban J connectivity index is 2.19. The zero-order valence-electron chi connectivity index (χ0n) is 9.29. The Bertz CT molecular complexity index is 547. The summed E-state index contributed by atoms with van der Waals surface area (Å²) in [5.41, 5.74) is 3.49. The van der Waals surface area contributed by atoms with Crippen LogP contribution in [0.1, 0.15) is 16.5 Å². The molecule has 0 fully saturated rings. The molecule has 0 saturated carbocycles. The van der Waals surface area contributed by atoms with Crippen molar-refractivity contribution in [1.82, 2.24) is 5.43 Å². The predicted molar refractivity (Wildman–Crippen MR) is 77.2 cm³/mol. The molecule has 1 aromatic heterocycles. The van der Waals surface area contributed by atoms with Crippen LogP contribution in [0.5, 0.6) is 0 Å². The van der Waals surface area contributed by atoms with Gasteiger partial charge in [-0.1, -0.05) is 17.7 Å². The number of rotatable bonds is 4. The fraction of sp³-hybridized carbons (Fsp3) is 0.167. The van der Waals surface area contributed by atoms with E-state index in [0.717, 1.165) is 9.35 Å². The van der Waals surface area contributed by atoms with E-state index in [1.54, 1.807) is 23.5 Å². The van der Waals surface area contributed by atoms with Gasteiger partial charge in [0.25, 0.3) is 0 Å². The van der Waals surface area contributed by atoms with E-state index in [4.69, 9.17) is 17.4 Å². The minimum absolute atomic E-state index is 0.119. The van der Waals surface area contributed by atoms with Crippen LogP contribution in [0, 0.1) is 5.82 Å². The van der Waals surface area contributed by atoms with Gasteiger partial charge in [-0.25, -0.2) is 4.39 Å². The van der Waals surface area contributed by atoms with Crippen LogP contribution >= 0.6 is 38.9 Å². The summed E-state index contributed by atoms with van der Waals surface area (Å²) in [6.45, 7) is 0. The molecule has 6 heteroatoms. The molecule has 96 valence electrons. The van der Waals surface area contributed by atoms with E-state index in [2.05, 4.69) is 21.4 Å². The molecule has 0 radical (unpaired) electrons. The number of thiophene rings is 1. The van der Waals surface area contributed by atoms with Crippen LogP contribution in [-0.2, 0) is 6.42 Å². The lowest BCUT2D eigenvalue weighted by Crippen LogP contribution is -2.29. The third-order valence-corrected chi connectivity index (χ3v) is 4.53. The van der Waals surface area contributed by atoms with Crippen LogP contribution in [0.2, 0.25) is 5.02 Å². The van der Waals surface area contributed by atoms with Crippen molar-refractivity contribution in [1.29, 1.82) is 0 Å². The van der Waals surface area contributed by atoms with Crippen molar-refractivity contribution in [3.05, 3.63) is 55.4 Å². The standard InChI is InChI=1S/C12H11BrClFN2S/c13-12-4-2-8(18-12)6-11(17-16)7-1-3-9(14)10(15)5-7/h1-5,11,17H,6,16H2. The summed E-state index contributed by atoms with van der Waals surface area (Å²) < 4.78 is 14.5. The Morgan fingerprint density at radius 2 is 2.17 bits per heavy atom. The number of benzene rings is 1. The summed E-state index contributed by atoms with van der Waals surface area (Å²) in [6, 6.07) is 8.60.